The van der Waals surface area contributed by atoms with Crippen molar-refractivity contribution in [1.82, 2.24) is 4.31 Å². The Hall–Kier alpha value is -2.38. The fourth-order valence-electron chi connectivity index (χ4n) is 2.41. The van der Waals surface area contributed by atoms with Crippen molar-refractivity contribution in [2.45, 2.75) is 25.7 Å². The van der Waals surface area contributed by atoms with Crippen LogP contribution in [0.2, 0.25) is 0 Å². The number of rotatable bonds is 6. The zero-order valence-corrected chi connectivity index (χ0v) is 15.4. The number of anilines is 2. The van der Waals surface area contributed by atoms with Gasteiger partial charge in [0.05, 0.1) is 4.90 Å². The van der Waals surface area contributed by atoms with Gasteiger partial charge in [0, 0.05) is 30.0 Å². The van der Waals surface area contributed by atoms with E-state index in [9.17, 15) is 13.2 Å². The van der Waals surface area contributed by atoms with Crippen LogP contribution in [0.3, 0.4) is 0 Å². The maximum Gasteiger partial charge on any atom is 0.255 e. The summed E-state index contributed by atoms with van der Waals surface area (Å²) in [7, 11) is -3.53. The zero-order valence-electron chi connectivity index (χ0n) is 14.6. The monoisotopic (exact) mass is 361 g/mol. The molecule has 0 aromatic heterocycles. The Morgan fingerprint density at radius 3 is 2.20 bits per heavy atom. The van der Waals surface area contributed by atoms with Gasteiger partial charge >= 0.3 is 0 Å². The Kier molecular flexibility index (Phi) is 5.81. The molecule has 0 unspecified atom stereocenters. The highest BCUT2D eigenvalue weighted by Crippen LogP contribution is 2.19. The summed E-state index contributed by atoms with van der Waals surface area (Å²) in [5.41, 5.74) is 8.33. The third-order valence-corrected chi connectivity index (χ3v) is 6.06. The van der Waals surface area contributed by atoms with Crippen LogP contribution in [0, 0.1) is 6.92 Å². The third kappa shape index (κ3) is 4.18. The predicted molar refractivity (Wildman–Crippen MR) is 100 cm³/mol. The standard InChI is InChI=1S/C18H23N3O3S/c1-4-21(5-2)25(23,24)16-10-7-14(8-11-16)18(22)20-15-9-6-13(3)17(19)12-15/h6-12H,4-5,19H2,1-3H3,(H,20,22). The number of aryl methyl sites for hydroxylation is 1. The van der Waals surface area contributed by atoms with E-state index in [1.165, 1.54) is 28.6 Å². The lowest BCUT2D eigenvalue weighted by Gasteiger charge is -2.18. The van der Waals surface area contributed by atoms with Crippen LogP contribution in [0.25, 0.3) is 0 Å². The number of amides is 1. The van der Waals surface area contributed by atoms with Gasteiger partial charge in [-0.05, 0) is 48.9 Å². The van der Waals surface area contributed by atoms with Crippen molar-refractivity contribution in [3.05, 3.63) is 53.6 Å². The summed E-state index contributed by atoms with van der Waals surface area (Å²) >= 11 is 0. The minimum absolute atomic E-state index is 0.173. The van der Waals surface area contributed by atoms with Gasteiger partial charge in [0.25, 0.3) is 5.91 Å². The number of benzene rings is 2. The maximum atomic E-state index is 12.4. The quantitative estimate of drug-likeness (QED) is 0.774. The molecule has 0 bridgehead atoms. The van der Waals surface area contributed by atoms with E-state index in [0.717, 1.165) is 5.56 Å². The second-order valence-corrected chi connectivity index (χ2v) is 7.58. The van der Waals surface area contributed by atoms with E-state index in [1.807, 2.05) is 13.0 Å². The lowest BCUT2D eigenvalue weighted by Crippen LogP contribution is -2.30. The first-order chi connectivity index (χ1) is 11.8. The highest BCUT2D eigenvalue weighted by molar-refractivity contribution is 7.89. The Balaban J connectivity index is 2.19. The second kappa shape index (κ2) is 7.67. The van der Waals surface area contributed by atoms with Crippen LogP contribution in [0.15, 0.2) is 47.4 Å². The second-order valence-electron chi connectivity index (χ2n) is 5.64. The lowest BCUT2D eigenvalue weighted by molar-refractivity contribution is 0.102. The smallest absolute Gasteiger partial charge is 0.255 e. The molecule has 0 atom stereocenters. The molecule has 134 valence electrons. The molecule has 0 aliphatic rings. The van der Waals surface area contributed by atoms with E-state index in [0.29, 0.717) is 30.0 Å². The van der Waals surface area contributed by atoms with Crippen LogP contribution in [-0.2, 0) is 10.0 Å². The van der Waals surface area contributed by atoms with Gasteiger partial charge in [0.15, 0.2) is 0 Å². The Labute approximate surface area is 148 Å². The molecule has 2 aromatic rings. The van der Waals surface area contributed by atoms with Gasteiger partial charge < -0.3 is 11.1 Å². The summed E-state index contributed by atoms with van der Waals surface area (Å²) in [4.78, 5) is 12.5. The molecule has 3 N–H and O–H groups in total. The van der Waals surface area contributed by atoms with Gasteiger partial charge in [-0.2, -0.15) is 4.31 Å². The molecule has 2 aromatic carbocycles. The van der Waals surface area contributed by atoms with Crippen molar-refractivity contribution in [3.8, 4) is 0 Å². The maximum absolute atomic E-state index is 12.4. The summed E-state index contributed by atoms with van der Waals surface area (Å²) in [6.45, 7) is 6.26. The molecular formula is C18H23N3O3S. The van der Waals surface area contributed by atoms with E-state index < -0.39 is 10.0 Å². The van der Waals surface area contributed by atoms with E-state index >= 15 is 0 Å². The molecule has 0 spiro atoms. The van der Waals surface area contributed by atoms with Crippen molar-refractivity contribution in [1.29, 1.82) is 0 Å². The molecule has 0 saturated carbocycles. The van der Waals surface area contributed by atoms with Gasteiger partial charge in [-0.15, -0.1) is 0 Å². The van der Waals surface area contributed by atoms with Crippen LogP contribution in [0.1, 0.15) is 29.8 Å². The lowest BCUT2D eigenvalue weighted by atomic mass is 10.1. The van der Waals surface area contributed by atoms with Crippen LogP contribution in [0.4, 0.5) is 11.4 Å². The van der Waals surface area contributed by atoms with E-state index in [4.69, 9.17) is 5.73 Å². The summed E-state index contributed by atoms with van der Waals surface area (Å²) in [6.07, 6.45) is 0. The molecule has 0 radical (unpaired) electrons. The van der Waals surface area contributed by atoms with E-state index in [-0.39, 0.29) is 10.8 Å². The zero-order chi connectivity index (χ0) is 18.6. The average molecular weight is 361 g/mol. The Morgan fingerprint density at radius 1 is 1.08 bits per heavy atom. The van der Waals surface area contributed by atoms with E-state index in [1.54, 1.807) is 26.0 Å². The number of hydrogen-bond donors (Lipinski definition) is 2. The van der Waals surface area contributed by atoms with Crippen LogP contribution in [-0.4, -0.2) is 31.7 Å². The molecule has 25 heavy (non-hydrogen) atoms. The summed E-state index contributed by atoms with van der Waals surface area (Å²) in [5, 5.41) is 2.75. The molecule has 0 fully saturated rings. The molecule has 0 aliphatic carbocycles. The van der Waals surface area contributed by atoms with Gasteiger partial charge in [-0.3, -0.25) is 4.79 Å². The average Bonchev–Trinajstić information content (AvgIpc) is 2.59. The first-order valence-corrected chi connectivity index (χ1v) is 9.51. The minimum Gasteiger partial charge on any atom is -0.398 e. The summed E-state index contributed by atoms with van der Waals surface area (Å²) in [5.74, 6) is -0.324. The highest BCUT2D eigenvalue weighted by Gasteiger charge is 2.21. The number of sulfonamides is 1. The number of hydrogen-bond acceptors (Lipinski definition) is 4. The molecular weight excluding hydrogens is 338 g/mol. The van der Waals surface area contributed by atoms with Gasteiger partial charge in [0.1, 0.15) is 0 Å². The first-order valence-electron chi connectivity index (χ1n) is 8.07. The topological polar surface area (TPSA) is 92.5 Å². The largest absolute Gasteiger partial charge is 0.398 e. The van der Waals surface area contributed by atoms with Crippen LogP contribution >= 0.6 is 0 Å². The Morgan fingerprint density at radius 2 is 1.68 bits per heavy atom. The van der Waals surface area contributed by atoms with Crippen LogP contribution < -0.4 is 11.1 Å². The van der Waals surface area contributed by atoms with Gasteiger partial charge in [0.2, 0.25) is 10.0 Å². The summed E-state index contributed by atoms with van der Waals surface area (Å²) in [6, 6.07) is 11.2. The van der Waals surface area contributed by atoms with Crippen molar-refractivity contribution < 1.29 is 13.2 Å². The number of nitrogen functional groups attached to an aromatic ring is 1. The fourth-order valence-corrected chi connectivity index (χ4v) is 3.87. The van der Waals surface area contributed by atoms with Crippen molar-refractivity contribution in [2.24, 2.45) is 0 Å². The van der Waals surface area contributed by atoms with Crippen LogP contribution in [0.5, 0.6) is 0 Å². The number of nitrogens with two attached hydrogens (primary N) is 1. The van der Waals surface area contributed by atoms with Crippen molar-refractivity contribution >= 4 is 27.3 Å². The normalized spacial score (nSPS) is 11.5. The molecule has 1 amide bonds. The predicted octanol–water partition coefficient (Wildman–Crippen LogP) is 2.86. The molecule has 7 heteroatoms. The third-order valence-electron chi connectivity index (χ3n) is 4.00. The molecule has 6 nitrogen and oxygen atoms in total. The number of carbonyl (C=O) groups excluding carboxylic acids is 1. The fraction of sp³-hybridized carbons (Fsp3) is 0.278. The number of carbonyl (C=O) groups is 1. The highest BCUT2D eigenvalue weighted by atomic mass is 32.2. The van der Waals surface area contributed by atoms with Crippen molar-refractivity contribution in [2.75, 3.05) is 24.1 Å². The van der Waals surface area contributed by atoms with Gasteiger partial charge in [-0.1, -0.05) is 19.9 Å². The van der Waals surface area contributed by atoms with Crippen molar-refractivity contribution in [3.63, 3.8) is 0 Å². The summed E-state index contributed by atoms with van der Waals surface area (Å²) < 4.78 is 26.3. The van der Waals surface area contributed by atoms with Gasteiger partial charge in [-0.25, -0.2) is 8.42 Å². The molecule has 0 aliphatic heterocycles. The molecule has 2 rings (SSSR count). The first kappa shape index (κ1) is 19.0. The Bertz CT molecular complexity index is 858. The SMILES string of the molecule is CCN(CC)S(=O)(=O)c1ccc(C(=O)Nc2ccc(C)c(N)c2)cc1. The molecule has 0 heterocycles. The molecule has 0 saturated heterocycles. The number of nitrogens with one attached hydrogen (secondary N) is 1. The van der Waals surface area contributed by atoms with E-state index in [2.05, 4.69) is 5.32 Å². The number of nitrogens with zero attached hydrogens (tertiary/aromatic N) is 1. The minimum atomic E-state index is -3.53.